The molecule has 0 aliphatic rings. The van der Waals surface area contributed by atoms with Crippen LogP contribution in [0, 0.1) is 5.92 Å². The van der Waals surface area contributed by atoms with Gasteiger partial charge in [0.1, 0.15) is 0 Å². The summed E-state index contributed by atoms with van der Waals surface area (Å²) in [5, 5.41) is 3.34. The Morgan fingerprint density at radius 3 is 2.50 bits per heavy atom. The second kappa shape index (κ2) is 6.16. The summed E-state index contributed by atoms with van der Waals surface area (Å²) in [4.78, 5) is 10.9. The minimum Gasteiger partial charge on any atom is -0.385 e. The maximum absolute atomic E-state index is 10.9. The molecule has 0 spiro atoms. The van der Waals surface area contributed by atoms with E-state index in [1.54, 1.807) is 12.1 Å². The van der Waals surface area contributed by atoms with E-state index in [2.05, 4.69) is 19.2 Å². The number of primary amides is 1. The molecule has 0 bridgehead atoms. The highest BCUT2D eigenvalue weighted by atomic mass is 16.1. The van der Waals surface area contributed by atoms with Crippen molar-refractivity contribution in [2.24, 2.45) is 11.7 Å². The summed E-state index contributed by atoms with van der Waals surface area (Å²) < 4.78 is 0. The highest BCUT2D eigenvalue weighted by Gasteiger charge is 2.02. The van der Waals surface area contributed by atoms with Crippen LogP contribution in [-0.2, 0) is 0 Å². The molecule has 1 amide bonds. The monoisotopic (exact) mass is 220 g/mol. The Hall–Kier alpha value is -1.51. The van der Waals surface area contributed by atoms with Crippen LogP contribution >= 0.6 is 0 Å². The van der Waals surface area contributed by atoms with E-state index in [-0.39, 0.29) is 5.91 Å². The van der Waals surface area contributed by atoms with E-state index in [0.29, 0.717) is 11.5 Å². The number of rotatable bonds is 6. The quantitative estimate of drug-likeness (QED) is 0.774. The SMILES string of the molecule is CCCC(C)CNc1ccc(C(N)=O)cc1. The van der Waals surface area contributed by atoms with Crippen molar-refractivity contribution in [1.29, 1.82) is 0 Å². The Balaban J connectivity index is 2.46. The molecule has 0 radical (unpaired) electrons. The molecule has 0 saturated carbocycles. The van der Waals surface area contributed by atoms with Gasteiger partial charge in [0.15, 0.2) is 0 Å². The Morgan fingerprint density at radius 2 is 2.00 bits per heavy atom. The van der Waals surface area contributed by atoms with Crippen molar-refractivity contribution in [3.8, 4) is 0 Å². The number of benzene rings is 1. The maximum atomic E-state index is 10.9. The lowest BCUT2D eigenvalue weighted by Crippen LogP contribution is -2.12. The molecule has 3 heteroatoms. The number of nitrogens with two attached hydrogens (primary N) is 1. The first kappa shape index (κ1) is 12.6. The molecule has 1 rings (SSSR count). The lowest BCUT2D eigenvalue weighted by Gasteiger charge is -2.12. The second-order valence-electron chi connectivity index (χ2n) is 4.22. The number of anilines is 1. The van der Waals surface area contributed by atoms with E-state index in [0.717, 1.165) is 12.2 Å². The summed E-state index contributed by atoms with van der Waals surface area (Å²) in [6.07, 6.45) is 2.44. The van der Waals surface area contributed by atoms with Crippen molar-refractivity contribution in [2.45, 2.75) is 26.7 Å². The zero-order valence-corrected chi connectivity index (χ0v) is 9.99. The molecule has 0 saturated heterocycles. The average Bonchev–Trinajstić information content (AvgIpc) is 2.27. The van der Waals surface area contributed by atoms with Crippen LogP contribution in [0.25, 0.3) is 0 Å². The van der Waals surface area contributed by atoms with Crippen LogP contribution in [0.15, 0.2) is 24.3 Å². The molecular formula is C13H20N2O. The van der Waals surface area contributed by atoms with Crippen LogP contribution < -0.4 is 11.1 Å². The number of nitrogens with one attached hydrogen (secondary N) is 1. The molecule has 0 heterocycles. The molecule has 0 fully saturated rings. The summed E-state index contributed by atoms with van der Waals surface area (Å²) in [5.41, 5.74) is 6.75. The molecular weight excluding hydrogens is 200 g/mol. The van der Waals surface area contributed by atoms with Gasteiger partial charge in [-0.15, -0.1) is 0 Å². The predicted molar refractivity (Wildman–Crippen MR) is 67.5 cm³/mol. The molecule has 88 valence electrons. The topological polar surface area (TPSA) is 55.1 Å². The minimum absolute atomic E-state index is 0.383. The van der Waals surface area contributed by atoms with E-state index in [1.807, 2.05) is 12.1 Å². The van der Waals surface area contributed by atoms with Gasteiger partial charge in [0, 0.05) is 17.8 Å². The Labute approximate surface area is 97.0 Å². The van der Waals surface area contributed by atoms with Crippen LogP contribution in [0.1, 0.15) is 37.0 Å². The summed E-state index contributed by atoms with van der Waals surface area (Å²) in [5.74, 6) is 0.284. The Morgan fingerprint density at radius 1 is 1.38 bits per heavy atom. The maximum Gasteiger partial charge on any atom is 0.248 e. The van der Waals surface area contributed by atoms with Crippen molar-refractivity contribution in [2.75, 3.05) is 11.9 Å². The molecule has 3 nitrogen and oxygen atoms in total. The Kier molecular flexibility index (Phi) is 4.83. The first-order valence-electron chi connectivity index (χ1n) is 5.77. The standard InChI is InChI=1S/C13H20N2O/c1-3-4-10(2)9-15-12-7-5-11(6-8-12)13(14)16/h5-8,10,15H,3-4,9H2,1-2H3,(H2,14,16). The van der Waals surface area contributed by atoms with Gasteiger partial charge in [-0.25, -0.2) is 0 Å². The van der Waals surface area contributed by atoms with E-state index in [9.17, 15) is 4.79 Å². The van der Waals surface area contributed by atoms with Gasteiger partial charge in [0.2, 0.25) is 5.91 Å². The van der Waals surface area contributed by atoms with E-state index >= 15 is 0 Å². The van der Waals surface area contributed by atoms with Crippen molar-refractivity contribution in [1.82, 2.24) is 0 Å². The van der Waals surface area contributed by atoms with Gasteiger partial charge < -0.3 is 11.1 Å². The zero-order valence-electron chi connectivity index (χ0n) is 9.99. The molecule has 1 atom stereocenters. The fourth-order valence-corrected chi connectivity index (χ4v) is 1.64. The van der Waals surface area contributed by atoms with Crippen LogP contribution in [0.2, 0.25) is 0 Å². The number of carbonyl (C=O) groups is 1. The summed E-state index contributed by atoms with van der Waals surface area (Å²) in [6, 6.07) is 7.27. The lowest BCUT2D eigenvalue weighted by atomic mass is 10.1. The van der Waals surface area contributed by atoms with E-state index in [1.165, 1.54) is 12.8 Å². The van der Waals surface area contributed by atoms with Crippen LogP contribution in [0.4, 0.5) is 5.69 Å². The molecule has 16 heavy (non-hydrogen) atoms. The third kappa shape index (κ3) is 3.93. The van der Waals surface area contributed by atoms with Gasteiger partial charge in [0.05, 0.1) is 0 Å². The third-order valence-electron chi connectivity index (χ3n) is 2.61. The average molecular weight is 220 g/mol. The smallest absolute Gasteiger partial charge is 0.248 e. The van der Waals surface area contributed by atoms with Crippen LogP contribution in [0.3, 0.4) is 0 Å². The first-order valence-corrected chi connectivity index (χ1v) is 5.77. The summed E-state index contributed by atoms with van der Waals surface area (Å²) in [6.45, 7) is 5.39. The first-order chi connectivity index (χ1) is 7.63. The highest BCUT2D eigenvalue weighted by Crippen LogP contribution is 2.11. The second-order valence-corrected chi connectivity index (χ2v) is 4.22. The van der Waals surface area contributed by atoms with Gasteiger partial charge in [-0.05, 0) is 36.6 Å². The molecule has 1 unspecified atom stereocenters. The molecule has 3 N–H and O–H groups in total. The van der Waals surface area contributed by atoms with Crippen molar-refractivity contribution >= 4 is 11.6 Å². The fraction of sp³-hybridized carbons (Fsp3) is 0.462. The molecule has 0 aliphatic heterocycles. The van der Waals surface area contributed by atoms with Crippen molar-refractivity contribution < 1.29 is 4.79 Å². The number of hydrogen-bond donors (Lipinski definition) is 2. The number of carbonyl (C=O) groups excluding carboxylic acids is 1. The minimum atomic E-state index is -0.383. The number of hydrogen-bond acceptors (Lipinski definition) is 2. The summed E-state index contributed by atoms with van der Waals surface area (Å²) in [7, 11) is 0. The Bertz CT molecular complexity index is 332. The molecule has 0 aliphatic carbocycles. The van der Waals surface area contributed by atoms with Gasteiger partial charge in [-0.2, -0.15) is 0 Å². The largest absolute Gasteiger partial charge is 0.385 e. The third-order valence-corrected chi connectivity index (χ3v) is 2.61. The molecule has 1 aromatic carbocycles. The number of amides is 1. The normalized spacial score (nSPS) is 12.1. The molecule has 1 aromatic rings. The van der Waals surface area contributed by atoms with E-state index in [4.69, 9.17) is 5.73 Å². The zero-order chi connectivity index (χ0) is 12.0. The lowest BCUT2D eigenvalue weighted by molar-refractivity contribution is 0.100. The van der Waals surface area contributed by atoms with Crippen LogP contribution in [-0.4, -0.2) is 12.5 Å². The van der Waals surface area contributed by atoms with Crippen molar-refractivity contribution in [3.05, 3.63) is 29.8 Å². The van der Waals surface area contributed by atoms with Crippen molar-refractivity contribution in [3.63, 3.8) is 0 Å². The predicted octanol–water partition coefficient (Wildman–Crippen LogP) is 2.63. The van der Waals surface area contributed by atoms with Gasteiger partial charge in [0.25, 0.3) is 0 Å². The van der Waals surface area contributed by atoms with Gasteiger partial charge in [-0.1, -0.05) is 20.3 Å². The molecule has 0 aromatic heterocycles. The van der Waals surface area contributed by atoms with Gasteiger partial charge >= 0.3 is 0 Å². The fourth-order valence-electron chi connectivity index (χ4n) is 1.64. The highest BCUT2D eigenvalue weighted by molar-refractivity contribution is 5.93. The van der Waals surface area contributed by atoms with Crippen LogP contribution in [0.5, 0.6) is 0 Å². The van der Waals surface area contributed by atoms with E-state index < -0.39 is 0 Å². The van der Waals surface area contributed by atoms with Gasteiger partial charge in [-0.3, -0.25) is 4.79 Å². The summed E-state index contributed by atoms with van der Waals surface area (Å²) >= 11 is 0.